The first kappa shape index (κ1) is 14.5. The van der Waals surface area contributed by atoms with E-state index in [0.717, 1.165) is 0 Å². The van der Waals surface area contributed by atoms with Crippen LogP contribution in [-0.4, -0.2) is 15.7 Å². The molecular formula is C13H14BrFN4O. The molecule has 0 unspecified atom stereocenters. The predicted octanol–water partition coefficient (Wildman–Crippen LogP) is 3.20. The lowest BCUT2D eigenvalue weighted by atomic mass is 10.2. The smallest absolute Gasteiger partial charge is 0.256 e. The van der Waals surface area contributed by atoms with Gasteiger partial charge < -0.3 is 11.1 Å². The maximum absolute atomic E-state index is 13.2. The number of halogens is 2. The van der Waals surface area contributed by atoms with E-state index in [1.54, 1.807) is 17.1 Å². The number of rotatable bonds is 3. The van der Waals surface area contributed by atoms with Gasteiger partial charge in [-0.2, -0.15) is 5.10 Å². The Morgan fingerprint density at radius 1 is 1.50 bits per heavy atom. The standard InChI is InChI=1S/C13H14BrFN4O/c1-7(2)19-6-8(5-17-19)18-13(20)9-3-12(16)11(15)4-10(9)14/h3-7H,16H2,1-2H3,(H,18,20). The van der Waals surface area contributed by atoms with Crippen molar-refractivity contribution in [3.63, 3.8) is 0 Å². The van der Waals surface area contributed by atoms with E-state index in [9.17, 15) is 9.18 Å². The summed E-state index contributed by atoms with van der Waals surface area (Å²) in [6.45, 7) is 3.96. The zero-order valence-electron chi connectivity index (χ0n) is 11.0. The lowest BCUT2D eigenvalue weighted by Crippen LogP contribution is -2.13. The van der Waals surface area contributed by atoms with Crippen LogP contribution in [0.3, 0.4) is 0 Å². The molecule has 5 nitrogen and oxygen atoms in total. The Balaban J connectivity index is 2.21. The fraction of sp³-hybridized carbons (Fsp3) is 0.231. The fourth-order valence-corrected chi connectivity index (χ4v) is 2.12. The summed E-state index contributed by atoms with van der Waals surface area (Å²) in [5.74, 6) is -0.951. The van der Waals surface area contributed by atoms with Gasteiger partial charge in [-0.05, 0) is 41.9 Å². The quantitative estimate of drug-likeness (QED) is 0.842. The van der Waals surface area contributed by atoms with Gasteiger partial charge in [0.15, 0.2) is 0 Å². The molecule has 7 heteroatoms. The number of nitrogens with one attached hydrogen (secondary N) is 1. The maximum atomic E-state index is 13.2. The lowest BCUT2D eigenvalue weighted by molar-refractivity contribution is 0.102. The number of nitrogens with zero attached hydrogens (tertiary/aromatic N) is 2. The summed E-state index contributed by atoms with van der Waals surface area (Å²) in [7, 11) is 0. The third kappa shape index (κ3) is 2.98. The normalized spacial score (nSPS) is 10.8. The highest BCUT2D eigenvalue weighted by atomic mass is 79.9. The molecule has 1 amide bonds. The molecule has 0 saturated heterocycles. The molecule has 0 aliphatic carbocycles. The van der Waals surface area contributed by atoms with Crippen LogP contribution >= 0.6 is 15.9 Å². The second kappa shape index (κ2) is 5.62. The molecule has 3 N–H and O–H groups in total. The molecule has 0 atom stereocenters. The molecule has 0 radical (unpaired) electrons. The molecular weight excluding hydrogens is 327 g/mol. The average Bonchev–Trinajstić information content (AvgIpc) is 2.82. The van der Waals surface area contributed by atoms with Crippen molar-refractivity contribution in [1.82, 2.24) is 9.78 Å². The monoisotopic (exact) mass is 340 g/mol. The van der Waals surface area contributed by atoms with Gasteiger partial charge >= 0.3 is 0 Å². The summed E-state index contributed by atoms with van der Waals surface area (Å²) in [4.78, 5) is 12.1. The van der Waals surface area contributed by atoms with Crippen molar-refractivity contribution in [2.75, 3.05) is 11.1 Å². The molecule has 0 bridgehead atoms. The minimum atomic E-state index is -0.568. The SMILES string of the molecule is CC(C)n1cc(NC(=O)c2cc(N)c(F)cc2Br)cn1. The van der Waals surface area contributed by atoms with Crippen molar-refractivity contribution in [1.29, 1.82) is 0 Å². The first-order valence-electron chi connectivity index (χ1n) is 5.98. The van der Waals surface area contributed by atoms with E-state index < -0.39 is 5.82 Å². The highest BCUT2D eigenvalue weighted by Gasteiger charge is 2.14. The molecule has 0 spiro atoms. The zero-order valence-corrected chi connectivity index (χ0v) is 12.6. The molecule has 0 fully saturated rings. The van der Waals surface area contributed by atoms with E-state index in [4.69, 9.17) is 5.73 Å². The molecule has 1 aromatic heterocycles. The summed E-state index contributed by atoms with van der Waals surface area (Å²) in [5, 5.41) is 6.81. The van der Waals surface area contributed by atoms with Crippen LogP contribution in [0.15, 0.2) is 29.0 Å². The van der Waals surface area contributed by atoms with Crippen LogP contribution in [0.4, 0.5) is 15.8 Å². The Morgan fingerprint density at radius 3 is 2.80 bits per heavy atom. The van der Waals surface area contributed by atoms with E-state index >= 15 is 0 Å². The molecule has 106 valence electrons. The third-order valence-electron chi connectivity index (χ3n) is 2.72. The molecule has 2 aromatic rings. The van der Waals surface area contributed by atoms with Crippen LogP contribution in [0.5, 0.6) is 0 Å². The van der Waals surface area contributed by atoms with E-state index in [-0.39, 0.29) is 23.2 Å². The summed E-state index contributed by atoms with van der Waals surface area (Å²) < 4.78 is 15.3. The molecule has 1 aromatic carbocycles. The van der Waals surface area contributed by atoms with E-state index in [2.05, 4.69) is 26.3 Å². The van der Waals surface area contributed by atoms with Gasteiger partial charge in [-0.25, -0.2) is 4.39 Å². The Bertz CT molecular complexity index is 654. The van der Waals surface area contributed by atoms with Crippen LogP contribution in [0.2, 0.25) is 0 Å². The van der Waals surface area contributed by atoms with Crippen LogP contribution in [0, 0.1) is 5.82 Å². The topological polar surface area (TPSA) is 72.9 Å². The number of nitrogens with two attached hydrogens (primary N) is 1. The number of amides is 1. The van der Waals surface area contributed by atoms with Crippen LogP contribution in [0.1, 0.15) is 30.2 Å². The van der Waals surface area contributed by atoms with Gasteiger partial charge in [0.25, 0.3) is 5.91 Å². The van der Waals surface area contributed by atoms with E-state index in [1.165, 1.54) is 12.1 Å². The maximum Gasteiger partial charge on any atom is 0.256 e. The minimum absolute atomic E-state index is 0.0729. The van der Waals surface area contributed by atoms with Gasteiger partial charge in [0.1, 0.15) is 5.82 Å². The minimum Gasteiger partial charge on any atom is -0.396 e. The number of hydrogen-bond acceptors (Lipinski definition) is 3. The Morgan fingerprint density at radius 2 is 2.20 bits per heavy atom. The van der Waals surface area contributed by atoms with Gasteiger partial charge in [-0.15, -0.1) is 0 Å². The van der Waals surface area contributed by atoms with Gasteiger partial charge in [-0.3, -0.25) is 9.48 Å². The molecule has 2 rings (SSSR count). The highest BCUT2D eigenvalue weighted by molar-refractivity contribution is 9.10. The van der Waals surface area contributed by atoms with Gasteiger partial charge in [0.2, 0.25) is 0 Å². The zero-order chi connectivity index (χ0) is 14.9. The van der Waals surface area contributed by atoms with Crippen LogP contribution in [-0.2, 0) is 0 Å². The van der Waals surface area contributed by atoms with Crippen LogP contribution in [0.25, 0.3) is 0 Å². The summed E-state index contributed by atoms with van der Waals surface area (Å²) >= 11 is 3.15. The van der Waals surface area contributed by atoms with Gasteiger partial charge in [-0.1, -0.05) is 0 Å². The summed E-state index contributed by atoms with van der Waals surface area (Å²) in [6, 6.07) is 2.66. The second-order valence-corrected chi connectivity index (χ2v) is 5.46. The summed E-state index contributed by atoms with van der Waals surface area (Å²) in [5.41, 5.74) is 6.23. The fourth-order valence-electron chi connectivity index (χ4n) is 1.62. The van der Waals surface area contributed by atoms with Crippen molar-refractivity contribution < 1.29 is 9.18 Å². The number of carbonyl (C=O) groups excluding carboxylic acids is 1. The molecule has 0 aliphatic heterocycles. The molecule has 0 saturated carbocycles. The number of hydrogen-bond donors (Lipinski definition) is 2. The lowest BCUT2D eigenvalue weighted by Gasteiger charge is -2.07. The van der Waals surface area contributed by atoms with Gasteiger partial charge in [0, 0.05) is 16.7 Å². The third-order valence-corrected chi connectivity index (χ3v) is 3.38. The summed E-state index contributed by atoms with van der Waals surface area (Å²) in [6.07, 6.45) is 3.28. The predicted molar refractivity (Wildman–Crippen MR) is 79.1 cm³/mol. The number of carbonyl (C=O) groups is 1. The van der Waals surface area contributed by atoms with Crippen molar-refractivity contribution in [3.8, 4) is 0 Å². The number of nitrogen functional groups attached to an aromatic ring is 1. The van der Waals surface area contributed by atoms with E-state index in [0.29, 0.717) is 10.2 Å². The Kier molecular flexibility index (Phi) is 4.08. The highest BCUT2D eigenvalue weighted by Crippen LogP contribution is 2.24. The Labute approximate surface area is 124 Å². The first-order chi connectivity index (χ1) is 9.38. The average molecular weight is 341 g/mol. The number of benzene rings is 1. The Hall–Kier alpha value is -1.89. The second-order valence-electron chi connectivity index (χ2n) is 4.61. The largest absolute Gasteiger partial charge is 0.396 e. The number of aromatic nitrogens is 2. The first-order valence-corrected chi connectivity index (χ1v) is 6.78. The van der Waals surface area contributed by atoms with Crippen molar-refractivity contribution in [2.45, 2.75) is 19.9 Å². The molecule has 0 aliphatic rings. The molecule has 20 heavy (non-hydrogen) atoms. The molecule has 1 heterocycles. The van der Waals surface area contributed by atoms with E-state index in [1.807, 2.05) is 13.8 Å². The number of anilines is 2. The van der Waals surface area contributed by atoms with Crippen molar-refractivity contribution in [2.24, 2.45) is 0 Å². The van der Waals surface area contributed by atoms with Crippen LogP contribution < -0.4 is 11.1 Å². The van der Waals surface area contributed by atoms with Crippen molar-refractivity contribution in [3.05, 3.63) is 40.4 Å². The van der Waals surface area contributed by atoms with Crippen molar-refractivity contribution >= 4 is 33.2 Å². The van der Waals surface area contributed by atoms with Gasteiger partial charge in [0.05, 0.1) is 23.1 Å².